The van der Waals surface area contributed by atoms with Gasteiger partial charge in [0, 0.05) is 13.3 Å². The van der Waals surface area contributed by atoms with Crippen LogP contribution in [0.3, 0.4) is 0 Å². The van der Waals surface area contributed by atoms with Crippen LogP contribution in [-0.4, -0.2) is 27.1 Å². The van der Waals surface area contributed by atoms with Crippen molar-refractivity contribution in [2.75, 3.05) is 7.11 Å². The largest absolute Gasteiger partial charge is 0.378 e. The minimum Gasteiger partial charge on any atom is -0.378 e. The van der Waals surface area contributed by atoms with E-state index in [1.54, 1.807) is 25.4 Å². The van der Waals surface area contributed by atoms with Crippen molar-refractivity contribution >= 4 is 15.9 Å². The molecule has 0 spiro atoms. The van der Waals surface area contributed by atoms with E-state index < -0.39 is 0 Å². The van der Waals surface area contributed by atoms with Gasteiger partial charge in [0.1, 0.15) is 4.47 Å². The molecule has 0 saturated carbocycles. The highest BCUT2D eigenvalue weighted by atomic mass is 79.9. The van der Waals surface area contributed by atoms with Crippen molar-refractivity contribution in [3.63, 3.8) is 0 Å². The fraction of sp³-hybridized carbons (Fsp3) is 0.222. The molecule has 0 aliphatic heterocycles. The van der Waals surface area contributed by atoms with Crippen LogP contribution in [-0.2, 0) is 11.3 Å². The van der Waals surface area contributed by atoms with Crippen LogP contribution in [0.25, 0.3) is 5.82 Å². The number of halogens is 1. The summed E-state index contributed by atoms with van der Waals surface area (Å²) >= 11 is 3.21. The van der Waals surface area contributed by atoms with Gasteiger partial charge in [-0.05, 0) is 28.1 Å². The lowest BCUT2D eigenvalue weighted by Crippen LogP contribution is -2.16. The van der Waals surface area contributed by atoms with Crippen LogP contribution in [0.2, 0.25) is 0 Å². The fourth-order valence-electron chi connectivity index (χ4n) is 1.28. The first-order valence-corrected chi connectivity index (χ1v) is 5.29. The van der Waals surface area contributed by atoms with Gasteiger partial charge in [-0.25, -0.2) is 0 Å². The summed E-state index contributed by atoms with van der Waals surface area (Å²) in [6, 6.07) is 3.40. The quantitative estimate of drug-likeness (QED) is 0.908. The molecular weight excluding hydrogens is 276 g/mol. The number of ether oxygens (including phenoxy) is 1. The average molecular weight is 285 g/mol. The molecular formula is C9H9BrN4O2. The standard InChI is InChI=1S/C9H9BrN4O2/c1-16-5-6-8(10)9(15)14(13-6)7-3-2-4-11-12-7/h2-4,13H,5H2,1H3. The van der Waals surface area contributed by atoms with E-state index in [2.05, 4.69) is 31.2 Å². The molecule has 2 rings (SSSR count). The van der Waals surface area contributed by atoms with Crippen molar-refractivity contribution in [1.29, 1.82) is 0 Å². The van der Waals surface area contributed by atoms with Gasteiger partial charge in [0.05, 0.1) is 12.3 Å². The highest BCUT2D eigenvalue weighted by Gasteiger charge is 2.13. The topological polar surface area (TPSA) is 72.8 Å². The number of methoxy groups -OCH3 is 1. The number of hydrogen-bond acceptors (Lipinski definition) is 4. The zero-order valence-electron chi connectivity index (χ0n) is 8.48. The third kappa shape index (κ3) is 1.91. The van der Waals surface area contributed by atoms with Crippen LogP contribution >= 0.6 is 15.9 Å². The molecule has 0 aliphatic carbocycles. The van der Waals surface area contributed by atoms with E-state index in [4.69, 9.17) is 4.74 Å². The zero-order valence-corrected chi connectivity index (χ0v) is 10.1. The number of nitrogens with zero attached hydrogens (tertiary/aromatic N) is 3. The van der Waals surface area contributed by atoms with Crippen molar-refractivity contribution in [3.05, 3.63) is 38.9 Å². The van der Waals surface area contributed by atoms with Crippen molar-refractivity contribution in [3.8, 4) is 5.82 Å². The van der Waals surface area contributed by atoms with Gasteiger partial charge in [-0.15, -0.1) is 5.10 Å². The van der Waals surface area contributed by atoms with Crippen molar-refractivity contribution in [2.45, 2.75) is 6.61 Å². The van der Waals surface area contributed by atoms with Gasteiger partial charge in [-0.2, -0.15) is 9.78 Å². The maximum atomic E-state index is 11.8. The maximum Gasteiger partial charge on any atom is 0.287 e. The Balaban J connectivity index is 2.51. The summed E-state index contributed by atoms with van der Waals surface area (Å²) in [7, 11) is 1.56. The van der Waals surface area contributed by atoms with E-state index in [0.29, 0.717) is 22.6 Å². The molecule has 16 heavy (non-hydrogen) atoms. The molecule has 0 saturated heterocycles. The molecule has 0 fully saturated rings. The van der Waals surface area contributed by atoms with Crippen LogP contribution in [0.15, 0.2) is 27.6 Å². The summed E-state index contributed by atoms with van der Waals surface area (Å²) in [5.41, 5.74) is 0.450. The molecule has 0 aromatic carbocycles. The fourth-order valence-corrected chi connectivity index (χ4v) is 1.66. The normalized spacial score (nSPS) is 10.6. The zero-order chi connectivity index (χ0) is 11.5. The number of nitrogens with one attached hydrogen (secondary N) is 1. The molecule has 0 radical (unpaired) electrons. The van der Waals surface area contributed by atoms with Gasteiger partial charge in [0.2, 0.25) is 0 Å². The molecule has 1 N–H and O–H groups in total. The van der Waals surface area contributed by atoms with Gasteiger partial charge in [0.25, 0.3) is 5.56 Å². The highest BCUT2D eigenvalue weighted by Crippen LogP contribution is 2.11. The van der Waals surface area contributed by atoms with Crippen LogP contribution in [0.5, 0.6) is 0 Å². The van der Waals surface area contributed by atoms with Crippen molar-refractivity contribution in [1.82, 2.24) is 20.0 Å². The summed E-state index contributed by atoms with van der Waals surface area (Å²) in [6.07, 6.45) is 1.54. The van der Waals surface area contributed by atoms with E-state index in [1.165, 1.54) is 4.68 Å². The minimum atomic E-state index is -0.215. The second-order valence-corrected chi connectivity index (χ2v) is 3.85. The first kappa shape index (κ1) is 11.0. The van der Waals surface area contributed by atoms with Crippen molar-refractivity contribution < 1.29 is 4.74 Å². The Morgan fingerprint density at radius 3 is 3.06 bits per heavy atom. The highest BCUT2D eigenvalue weighted by molar-refractivity contribution is 9.10. The Hall–Kier alpha value is -1.47. The predicted octanol–water partition coefficient (Wildman–Crippen LogP) is 0.865. The molecule has 0 aliphatic rings. The van der Waals surface area contributed by atoms with E-state index in [9.17, 15) is 4.79 Å². The van der Waals surface area contributed by atoms with Gasteiger partial charge in [0.15, 0.2) is 5.82 Å². The second kappa shape index (κ2) is 4.58. The number of hydrogen-bond donors (Lipinski definition) is 1. The molecule has 2 heterocycles. The summed E-state index contributed by atoms with van der Waals surface area (Å²) in [5, 5.41) is 10.5. The number of aromatic amines is 1. The lowest BCUT2D eigenvalue weighted by atomic mass is 10.5. The lowest BCUT2D eigenvalue weighted by Gasteiger charge is -1.98. The Morgan fingerprint density at radius 2 is 2.44 bits per heavy atom. The summed E-state index contributed by atoms with van der Waals surface area (Å²) in [4.78, 5) is 11.8. The first-order chi connectivity index (χ1) is 7.74. The molecule has 0 atom stereocenters. The van der Waals surface area contributed by atoms with Gasteiger partial charge < -0.3 is 4.74 Å². The van der Waals surface area contributed by atoms with E-state index in [0.717, 1.165) is 0 Å². The molecule has 0 bridgehead atoms. The van der Waals surface area contributed by atoms with Crippen LogP contribution in [0, 0.1) is 0 Å². The molecule has 7 heteroatoms. The summed E-state index contributed by atoms with van der Waals surface area (Å²) in [6.45, 7) is 0.323. The van der Waals surface area contributed by atoms with E-state index in [1.807, 2.05) is 0 Å². The summed E-state index contributed by atoms with van der Waals surface area (Å²) < 4.78 is 6.72. The van der Waals surface area contributed by atoms with Crippen LogP contribution < -0.4 is 5.56 Å². The van der Waals surface area contributed by atoms with Crippen LogP contribution in [0.4, 0.5) is 0 Å². The third-order valence-electron chi connectivity index (χ3n) is 1.98. The minimum absolute atomic E-state index is 0.215. The Morgan fingerprint density at radius 1 is 1.62 bits per heavy atom. The van der Waals surface area contributed by atoms with Gasteiger partial charge in [-0.3, -0.25) is 9.89 Å². The second-order valence-electron chi connectivity index (χ2n) is 3.06. The SMILES string of the molecule is COCc1[nH]n(-c2cccnn2)c(=O)c1Br. The van der Waals surface area contributed by atoms with Crippen LogP contribution in [0.1, 0.15) is 5.69 Å². The molecule has 0 unspecified atom stereocenters. The Kier molecular flexibility index (Phi) is 3.16. The Labute approximate surface area is 99.4 Å². The molecule has 2 aromatic rings. The average Bonchev–Trinajstić information content (AvgIpc) is 2.59. The van der Waals surface area contributed by atoms with E-state index >= 15 is 0 Å². The number of rotatable bonds is 3. The lowest BCUT2D eigenvalue weighted by molar-refractivity contribution is 0.180. The molecule has 0 amide bonds. The monoisotopic (exact) mass is 284 g/mol. The maximum absolute atomic E-state index is 11.8. The Bertz CT molecular complexity index is 534. The van der Waals surface area contributed by atoms with Gasteiger partial charge in [-0.1, -0.05) is 0 Å². The number of H-pyrrole nitrogens is 1. The van der Waals surface area contributed by atoms with Gasteiger partial charge >= 0.3 is 0 Å². The third-order valence-corrected chi connectivity index (χ3v) is 2.80. The first-order valence-electron chi connectivity index (χ1n) is 4.50. The predicted molar refractivity (Wildman–Crippen MR) is 60.4 cm³/mol. The van der Waals surface area contributed by atoms with Crippen molar-refractivity contribution in [2.24, 2.45) is 0 Å². The molecule has 6 nitrogen and oxygen atoms in total. The number of aromatic nitrogens is 4. The molecule has 2 aromatic heterocycles. The smallest absolute Gasteiger partial charge is 0.287 e. The molecule has 84 valence electrons. The summed E-state index contributed by atoms with van der Waals surface area (Å²) in [5.74, 6) is 0.440. The van der Waals surface area contributed by atoms with E-state index in [-0.39, 0.29) is 5.56 Å².